The normalized spacial score (nSPS) is 15.4. The third kappa shape index (κ3) is 10.8. The standard InChI is InChI=1S/C34H44N12O7S/c1-51-31-21-27(4-7-30(31)44-43-28-19-24(22-52-47)18-25(20-28)23-53-48)39-33-40-32(41-34(42-33)46-16-10-36-11-17-46)38-26-2-5-29(6-3-26)54(49,50)37-12-15-45-13-8-35-9-14-45/h2-7,18-21,35-37,47-48H,8-17,22-23H2,1H3,(H2,38,39,40,41,42). The van der Waals surface area contributed by atoms with Crippen LogP contribution in [0.5, 0.6) is 5.75 Å². The smallest absolute Gasteiger partial charge is 0.240 e. The second kappa shape index (κ2) is 18.9. The number of hydrogen-bond donors (Lipinski definition) is 7. The molecule has 19 nitrogen and oxygen atoms in total. The van der Waals surface area contributed by atoms with Gasteiger partial charge >= 0.3 is 0 Å². The van der Waals surface area contributed by atoms with Crippen LogP contribution in [0.25, 0.3) is 0 Å². The van der Waals surface area contributed by atoms with Crippen LogP contribution in [0.2, 0.25) is 0 Å². The highest BCUT2D eigenvalue weighted by atomic mass is 32.2. The van der Waals surface area contributed by atoms with Gasteiger partial charge in [-0.2, -0.15) is 20.1 Å². The second-order valence-corrected chi connectivity index (χ2v) is 14.2. The van der Waals surface area contributed by atoms with Gasteiger partial charge in [-0.15, -0.1) is 5.11 Å². The van der Waals surface area contributed by atoms with Crippen LogP contribution in [0.3, 0.4) is 0 Å². The lowest BCUT2D eigenvalue weighted by atomic mass is 10.1. The van der Waals surface area contributed by atoms with E-state index in [0.29, 0.717) is 71.8 Å². The SMILES string of the molecule is COc1cc(Nc2nc(Nc3ccc(S(=O)(=O)NCCN4CCNCC4)cc3)nc(N3CCNCC3)n2)ccc1N=Nc1cc(COO)cc(COO)c1. The Morgan fingerprint density at radius 3 is 2.02 bits per heavy atom. The number of ether oxygens (including phenoxy) is 1. The van der Waals surface area contributed by atoms with Crippen LogP contribution in [0.4, 0.5) is 40.6 Å². The number of benzene rings is 3. The van der Waals surface area contributed by atoms with E-state index in [1.165, 1.54) is 7.11 Å². The van der Waals surface area contributed by atoms with Crippen molar-refractivity contribution in [2.24, 2.45) is 10.2 Å². The number of azo groups is 1. The second-order valence-electron chi connectivity index (χ2n) is 12.4. The molecule has 0 radical (unpaired) electrons. The number of methoxy groups -OCH3 is 1. The first-order valence-corrected chi connectivity index (χ1v) is 18.8. The molecule has 0 aliphatic carbocycles. The van der Waals surface area contributed by atoms with Gasteiger partial charge in [-0.1, -0.05) is 6.07 Å². The summed E-state index contributed by atoms with van der Waals surface area (Å²) in [6, 6.07) is 16.7. The predicted molar refractivity (Wildman–Crippen MR) is 201 cm³/mol. The molecule has 3 aromatic carbocycles. The van der Waals surface area contributed by atoms with Crippen LogP contribution >= 0.6 is 0 Å². The Bertz CT molecular complexity index is 1950. The predicted octanol–water partition coefficient (Wildman–Crippen LogP) is 3.36. The van der Waals surface area contributed by atoms with Crippen LogP contribution in [-0.4, -0.2) is 111 Å². The van der Waals surface area contributed by atoms with Gasteiger partial charge in [-0.25, -0.2) is 22.9 Å². The van der Waals surface area contributed by atoms with Crippen molar-refractivity contribution in [2.75, 3.05) is 88.1 Å². The fourth-order valence-corrected chi connectivity index (χ4v) is 6.90. The van der Waals surface area contributed by atoms with Gasteiger partial charge in [0.2, 0.25) is 27.9 Å². The number of rotatable bonds is 17. The van der Waals surface area contributed by atoms with E-state index in [0.717, 1.165) is 39.3 Å². The molecule has 20 heteroatoms. The molecule has 54 heavy (non-hydrogen) atoms. The van der Waals surface area contributed by atoms with Gasteiger partial charge in [0.25, 0.3) is 0 Å². The fourth-order valence-electron chi connectivity index (χ4n) is 5.88. The molecular weight excluding hydrogens is 721 g/mol. The summed E-state index contributed by atoms with van der Waals surface area (Å²) >= 11 is 0. The van der Waals surface area contributed by atoms with Crippen molar-refractivity contribution in [3.63, 3.8) is 0 Å². The molecule has 2 saturated heterocycles. The average Bonchev–Trinajstić information content (AvgIpc) is 3.18. The molecule has 6 rings (SSSR count). The van der Waals surface area contributed by atoms with Crippen molar-refractivity contribution in [1.29, 1.82) is 0 Å². The molecule has 0 bridgehead atoms. The molecule has 0 amide bonds. The minimum Gasteiger partial charge on any atom is -0.494 e. The van der Waals surface area contributed by atoms with Crippen molar-refractivity contribution in [3.8, 4) is 5.75 Å². The number of aromatic nitrogens is 3. The molecule has 7 N–H and O–H groups in total. The van der Waals surface area contributed by atoms with Gasteiger partial charge in [0.1, 0.15) is 24.7 Å². The van der Waals surface area contributed by atoms with Crippen LogP contribution in [-0.2, 0) is 33.0 Å². The van der Waals surface area contributed by atoms with Crippen LogP contribution in [0, 0.1) is 0 Å². The average molecular weight is 765 g/mol. The molecule has 0 unspecified atom stereocenters. The topological polar surface area (TPSA) is 232 Å². The van der Waals surface area contributed by atoms with E-state index in [9.17, 15) is 8.42 Å². The van der Waals surface area contributed by atoms with E-state index in [4.69, 9.17) is 20.2 Å². The Hall–Kier alpha value is -4.90. The maximum Gasteiger partial charge on any atom is 0.240 e. The molecule has 0 spiro atoms. The highest BCUT2D eigenvalue weighted by molar-refractivity contribution is 7.89. The Morgan fingerprint density at radius 2 is 1.39 bits per heavy atom. The van der Waals surface area contributed by atoms with E-state index >= 15 is 0 Å². The zero-order valence-electron chi connectivity index (χ0n) is 29.7. The van der Waals surface area contributed by atoms with E-state index < -0.39 is 10.0 Å². The highest BCUT2D eigenvalue weighted by Gasteiger charge is 2.19. The summed E-state index contributed by atoms with van der Waals surface area (Å²) < 4.78 is 34.2. The summed E-state index contributed by atoms with van der Waals surface area (Å²) in [6.07, 6.45) is 0. The number of nitrogens with one attached hydrogen (secondary N) is 5. The van der Waals surface area contributed by atoms with Crippen LogP contribution in [0.1, 0.15) is 11.1 Å². The Labute approximate surface area is 312 Å². The van der Waals surface area contributed by atoms with Crippen molar-refractivity contribution < 1.29 is 33.4 Å². The highest BCUT2D eigenvalue weighted by Crippen LogP contribution is 2.33. The van der Waals surface area contributed by atoms with E-state index in [2.05, 4.69) is 65.8 Å². The lowest BCUT2D eigenvalue weighted by molar-refractivity contribution is -0.254. The van der Waals surface area contributed by atoms with Gasteiger partial charge in [0.05, 0.1) is 17.7 Å². The van der Waals surface area contributed by atoms with Crippen LogP contribution in [0.15, 0.2) is 75.8 Å². The van der Waals surface area contributed by atoms with Gasteiger partial charge in [-0.3, -0.25) is 15.4 Å². The number of sulfonamides is 1. The Morgan fingerprint density at radius 1 is 0.778 bits per heavy atom. The number of anilines is 5. The third-order valence-electron chi connectivity index (χ3n) is 8.58. The Balaban J connectivity index is 1.17. The fraction of sp³-hybridized carbons (Fsp3) is 0.382. The minimum atomic E-state index is -3.68. The molecule has 2 aliphatic heterocycles. The lowest BCUT2D eigenvalue weighted by Crippen LogP contribution is -2.46. The zero-order valence-corrected chi connectivity index (χ0v) is 30.5. The minimum absolute atomic E-state index is 0.0811. The van der Waals surface area contributed by atoms with Crippen molar-refractivity contribution in [1.82, 2.24) is 35.2 Å². The van der Waals surface area contributed by atoms with Crippen molar-refractivity contribution >= 4 is 50.6 Å². The van der Waals surface area contributed by atoms with Gasteiger partial charge in [-0.05, 0) is 59.7 Å². The van der Waals surface area contributed by atoms with E-state index in [-0.39, 0.29) is 30.0 Å². The third-order valence-corrected chi connectivity index (χ3v) is 10.1. The summed E-state index contributed by atoms with van der Waals surface area (Å²) in [5.41, 5.74) is 3.30. The largest absolute Gasteiger partial charge is 0.494 e. The molecule has 1 aromatic heterocycles. The first kappa shape index (κ1) is 38.8. The lowest BCUT2D eigenvalue weighted by Gasteiger charge is -2.27. The zero-order chi connectivity index (χ0) is 37.8. The molecule has 2 fully saturated rings. The number of nitrogens with zero attached hydrogens (tertiary/aromatic N) is 7. The molecule has 4 aromatic rings. The van der Waals surface area contributed by atoms with Crippen molar-refractivity contribution in [3.05, 3.63) is 71.8 Å². The van der Waals surface area contributed by atoms with Gasteiger partial charge in [0, 0.05) is 82.9 Å². The number of hydrogen-bond acceptors (Lipinski definition) is 18. The molecule has 0 saturated carbocycles. The van der Waals surface area contributed by atoms with E-state index in [1.54, 1.807) is 60.7 Å². The maximum absolute atomic E-state index is 13.0. The summed E-state index contributed by atoms with van der Waals surface area (Å²) in [4.78, 5) is 26.9. The molecule has 3 heterocycles. The first-order valence-electron chi connectivity index (χ1n) is 17.4. The summed E-state index contributed by atoms with van der Waals surface area (Å²) in [7, 11) is -2.17. The molecule has 2 aliphatic rings. The monoisotopic (exact) mass is 764 g/mol. The molecule has 0 atom stereocenters. The van der Waals surface area contributed by atoms with Gasteiger partial charge in [0.15, 0.2) is 0 Å². The van der Waals surface area contributed by atoms with E-state index in [1.807, 2.05) is 0 Å². The number of piperazine rings is 2. The Kier molecular flexibility index (Phi) is 13.6. The maximum atomic E-state index is 13.0. The summed E-state index contributed by atoms with van der Waals surface area (Å²) in [5.74, 6) is 1.43. The molecular formula is C34H44N12O7S. The van der Waals surface area contributed by atoms with Gasteiger partial charge < -0.3 is 30.9 Å². The summed E-state index contributed by atoms with van der Waals surface area (Å²) in [6.45, 7) is 7.37. The van der Waals surface area contributed by atoms with Crippen molar-refractivity contribution in [2.45, 2.75) is 18.1 Å². The quantitative estimate of drug-likeness (QED) is 0.0464. The van der Waals surface area contributed by atoms with Crippen LogP contribution < -0.4 is 35.6 Å². The molecule has 288 valence electrons. The summed E-state index contributed by atoms with van der Waals surface area (Å²) in [5, 5.41) is 39.5. The first-order chi connectivity index (χ1) is 26.3.